The minimum atomic E-state index is -0.759. The van der Waals surface area contributed by atoms with Crippen LogP contribution in [0.2, 0.25) is 0 Å². The summed E-state index contributed by atoms with van der Waals surface area (Å²) in [5, 5.41) is 1.90. The van der Waals surface area contributed by atoms with Crippen molar-refractivity contribution >= 4 is 17.3 Å². The van der Waals surface area contributed by atoms with Gasteiger partial charge in [0.25, 0.3) is 0 Å². The third-order valence-corrected chi connectivity index (χ3v) is 3.13. The van der Waals surface area contributed by atoms with Crippen molar-refractivity contribution < 1.29 is 13.9 Å². The first kappa shape index (κ1) is 12.6. The van der Waals surface area contributed by atoms with Gasteiger partial charge in [0.1, 0.15) is 6.33 Å². The predicted molar refractivity (Wildman–Crippen MR) is 65.1 cm³/mol. The van der Waals surface area contributed by atoms with E-state index < -0.39 is 11.8 Å². The van der Waals surface area contributed by atoms with Gasteiger partial charge in [-0.1, -0.05) is 6.07 Å². The van der Waals surface area contributed by atoms with Crippen molar-refractivity contribution in [3.8, 4) is 0 Å². The molecule has 0 aliphatic carbocycles. The van der Waals surface area contributed by atoms with Gasteiger partial charge in [-0.2, -0.15) is 0 Å². The summed E-state index contributed by atoms with van der Waals surface area (Å²) in [6.45, 7) is 1.84. The van der Waals surface area contributed by atoms with Gasteiger partial charge >= 0.3 is 5.97 Å². The van der Waals surface area contributed by atoms with E-state index in [0.29, 0.717) is 6.42 Å². The van der Waals surface area contributed by atoms with Gasteiger partial charge in [-0.25, -0.2) is 19.2 Å². The monoisotopic (exact) mass is 266 g/mol. The van der Waals surface area contributed by atoms with E-state index in [1.54, 1.807) is 6.92 Å². The first-order valence-electron chi connectivity index (χ1n) is 5.41. The van der Waals surface area contributed by atoms with E-state index in [4.69, 9.17) is 4.74 Å². The summed E-state index contributed by atoms with van der Waals surface area (Å²) in [4.78, 5) is 19.9. The number of esters is 1. The van der Waals surface area contributed by atoms with Gasteiger partial charge in [0.05, 0.1) is 12.3 Å². The average molecular weight is 266 g/mol. The molecule has 4 nitrogen and oxygen atoms in total. The first-order valence-corrected chi connectivity index (χ1v) is 6.29. The summed E-state index contributed by atoms with van der Waals surface area (Å²) < 4.78 is 18.7. The lowest BCUT2D eigenvalue weighted by atomic mass is 10.2. The van der Waals surface area contributed by atoms with Gasteiger partial charge in [-0.05, 0) is 18.4 Å². The molecule has 2 heterocycles. The maximum Gasteiger partial charge on any atom is 0.360 e. The summed E-state index contributed by atoms with van der Waals surface area (Å²) in [6, 6.07) is 3.77. The first-order chi connectivity index (χ1) is 8.72. The number of hydrogen-bond acceptors (Lipinski definition) is 5. The number of nitrogens with zero attached hydrogens (tertiary/aromatic N) is 2. The van der Waals surface area contributed by atoms with Crippen molar-refractivity contribution in [1.82, 2.24) is 9.97 Å². The Hall–Kier alpha value is -1.82. The molecule has 18 heavy (non-hydrogen) atoms. The van der Waals surface area contributed by atoms with Crippen LogP contribution in [0.3, 0.4) is 0 Å². The van der Waals surface area contributed by atoms with Crippen LogP contribution in [0.25, 0.3) is 0 Å². The highest BCUT2D eigenvalue weighted by Gasteiger charge is 2.19. The van der Waals surface area contributed by atoms with Crippen LogP contribution in [-0.4, -0.2) is 22.5 Å². The zero-order valence-corrected chi connectivity index (χ0v) is 10.5. The Kier molecular flexibility index (Phi) is 3.99. The third-order valence-electron chi connectivity index (χ3n) is 2.25. The molecule has 0 saturated carbocycles. The van der Waals surface area contributed by atoms with E-state index in [1.807, 2.05) is 17.5 Å². The van der Waals surface area contributed by atoms with E-state index in [9.17, 15) is 9.18 Å². The van der Waals surface area contributed by atoms with E-state index in [-0.39, 0.29) is 18.0 Å². The standard InChI is InChI=1S/C12H11FN2O2S/c1-2-17-12(16)11-10(13)9(14-7-15-11)6-8-4-3-5-18-8/h3-5,7H,2,6H2,1H3. The largest absolute Gasteiger partial charge is 0.461 e. The maximum atomic E-state index is 14.0. The molecule has 0 bridgehead atoms. The molecule has 0 radical (unpaired) electrons. The molecular formula is C12H11FN2O2S. The summed E-state index contributed by atoms with van der Waals surface area (Å²) in [7, 11) is 0. The number of rotatable bonds is 4. The zero-order valence-electron chi connectivity index (χ0n) is 9.72. The lowest BCUT2D eigenvalue weighted by Crippen LogP contribution is -2.12. The molecule has 0 aromatic carbocycles. The highest BCUT2D eigenvalue weighted by atomic mass is 32.1. The number of carbonyl (C=O) groups is 1. The number of ether oxygens (including phenoxy) is 1. The molecule has 0 aliphatic rings. The Bertz CT molecular complexity index is 543. The molecule has 0 spiro atoms. The molecular weight excluding hydrogens is 255 g/mol. The van der Waals surface area contributed by atoms with Gasteiger partial charge in [0, 0.05) is 11.3 Å². The van der Waals surface area contributed by atoms with Crippen LogP contribution in [0, 0.1) is 5.82 Å². The lowest BCUT2D eigenvalue weighted by molar-refractivity contribution is 0.0513. The Morgan fingerprint density at radius 3 is 3.00 bits per heavy atom. The number of aromatic nitrogens is 2. The number of carbonyl (C=O) groups excluding carboxylic acids is 1. The highest BCUT2D eigenvalue weighted by Crippen LogP contribution is 2.17. The molecule has 0 saturated heterocycles. The SMILES string of the molecule is CCOC(=O)c1ncnc(Cc2cccs2)c1F. The normalized spacial score (nSPS) is 10.3. The molecule has 0 unspecified atom stereocenters. The van der Waals surface area contributed by atoms with Gasteiger partial charge in [-0.3, -0.25) is 0 Å². The smallest absolute Gasteiger partial charge is 0.360 e. The van der Waals surface area contributed by atoms with Crippen molar-refractivity contribution in [1.29, 1.82) is 0 Å². The van der Waals surface area contributed by atoms with Crippen LogP contribution >= 0.6 is 11.3 Å². The van der Waals surface area contributed by atoms with Crippen molar-refractivity contribution in [3.63, 3.8) is 0 Å². The molecule has 0 atom stereocenters. The Labute approximate surface area is 107 Å². The molecule has 2 aromatic rings. The van der Waals surface area contributed by atoms with Crippen LogP contribution in [0.15, 0.2) is 23.8 Å². The Balaban J connectivity index is 2.27. The van der Waals surface area contributed by atoms with Crippen LogP contribution in [-0.2, 0) is 11.2 Å². The van der Waals surface area contributed by atoms with Crippen LogP contribution in [0.1, 0.15) is 28.0 Å². The fourth-order valence-corrected chi connectivity index (χ4v) is 2.16. The highest BCUT2D eigenvalue weighted by molar-refractivity contribution is 7.09. The van der Waals surface area contributed by atoms with Gasteiger partial charge in [0.15, 0.2) is 11.5 Å². The fraction of sp³-hybridized carbons (Fsp3) is 0.250. The summed E-state index contributed by atoms with van der Waals surface area (Å²) in [6.07, 6.45) is 1.52. The van der Waals surface area contributed by atoms with Crippen LogP contribution in [0.4, 0.5) is 4.39 Å². The molecule has 0 amide bonds. The quantitative estimate of drug-likeness (QED) is 0.798. The van der Waals surface area contributed by atoms with Crippen molar-refractivity contribution in [3.05, 3.63) is 45.9 Å². The fourth-order valence-electron chi connectivity index (χ4n) is 1.45. The lowest BCUT2D eigenvalue weighted by Gasteiger charge is -2.05. The molecule has 0 N–H and O–H groups in total. The number of thiophene rings is 1. The van der Waals surface area contributed by atoms with Gasteiger partial charge < -0.3 is 4.74 Å². The third kappa shape index (κ3) is 2.70. The molecule has 2 rings (SSSR count). The van der Waals surface area contributed by atoms with E-state index in [0.717, 1.165) is 4.88 Å². The minimum absolute atomic E-state index is 0.183. The van der Waals surface area contributed by atoms with Crippen molar-refractivity contribution in [2.75, 3.05) is 6.61 Å². The maximum absolute atomic E-state index is 14.0. The molecule has 6 heteroatoms. The second kappa shape index (κ2) is 5.68. The summed E-state index contributed by atoms with van der Waals surface area (Å²) in [5.41, 5.74) is -0.103. The average Bonchev–Trinajstić information content (AvgIpc) is 2.85. The van der Waals surface area contributed by atoms with E-state index in [1.165, 1.54) is 17.7 Å². The molecule has 0 aliphatic heterocycles. The second-order valence-electron chi connectivity index (χ2n) is 3.46. The van der Waals surface area contributed by atoms with Gasteiger partial charge in [0.2, 0.25) is 0 Å². The van der Waals surface area contributed by atoms with Crippen molar-refractivity contribution in [2.24, 2.45) is 0 Å². The summed E-state index contributed by atoms with van der Waals surface area (Å²) >= 11 is 1.51. The zero-order chi connectivity index (χ0) is 13.0. The topological polar surface area (TPSA) is 52.1 Å². The minimum Gasteiger partial charge on any atom is -0.461 e. The van der Waals surface area contributed by atoms with Gasteiger partial charge in [-0.15, -0.1) is 11.3 Å². The summed E-state index contributed by atoms with van der Waals surface area (Å²) in [5.74, 6) is -1.46. The van der Waals surface area contributed by atoms with Crippen molar-refractivity contribution in [2.45, 2.75) is 13.3 Å². The number of halogens is 1. The van der Waals surface area contributed by atoms with E-state index >= 15 is 0 Å². The van der Waals surface area contributed by atoms with E-state index in [2.05, 4.69) is 9.97 Å². The Morgan fingerprint density at radius 2 is 2.33 bits per heavy atom. The molecule has 2 aromatic heterocycles. The van der Waals surface area contributed by atoms with Crippen LogP contribution in [0.5, 0.6) is 0 Å². The van der Waals surface area contributed by atoms with Crippen LogP contribution < -0.4 is 0 Å². The second-order valence-corrected chi connectivity index (χ2v) is 4.49. The molecule has 0 fully saturated rings. The number of hydrogen-bond donors (Lipinski definition) is 0. The Morgan fingerprint density at radius 1 is 1.50 bits per heavy atom. The molecule has 94 valence electrons. The predicted octanol–water partition coefficient (Wildman–Crippen LogP) is 2.44.